The van der Waals surface area contributed by atoms with Crippen molar-refractivity contribution in [1.82, 2.24) is 0 Å². The fourth-order valence-corrected chi connectivity index (χ4v) is 2.07. The van der Waals surface area contributed by atoms with Gasteiger partial charge in [-0.1, -0.05) is 19.1 Å². The summed E-state index contributed by atoms with van der Waals surface area (Å²) in [6, 6.07) is 7.71. The van der Waals surface area contributed by atoms with E-state index in [9.17, 15) is 4.79 Å². The van der Waals surface area contributed by atoms with Crippen molar-refractivity contribution in [3.05, 3.63) is 29.8 Å². The number of carbonyl (C=O) groups is 1. The van der Waals surface area contributed by atoms with E-state index in [1.165, 1.54) is 12.5 Å². The van der Waals surface area contributed by atoms with Gasteiger partial charge >= 0.3 is 5.97 Å². The van der Waals surface area contributed by atoms with Crippen molar-refractivity contribution in [2.24, 2.45) is 0 Å². The molecule has 0 saturated heterocycles. The average molecular weight is 224 g/mol. The molecule has 0 aromatic heterocycles. The lowest BCUT2D eigenvalue weighted by Crippen LogP contribution is -2.02. The van der Waals surface area contributed by atoms with Crippen LogP contribution in [-0.2, 0) is 4.79 Å². The Morgan fingerprint density at radius 1 is 1.40 bits per heavy atom. The van der Waals surface area contributed by atoms with E-state index in [-0.39, 0.29) is 5.97 Å². The quantitative estimate of drug-likeness (QED) is 0.580. The van der Waals surface area contributed by atoms with Crippen LogP contribution in [0.25, 0.3) is 0 Å². The second-order valence-corrected chi connectivity index (χ2v) is 4.43. The van der Waals surface area contributed by atoms with Crippen molar-refractivity contribution in [1.29, 1.82) is 0 Å². The minimum absolute atomic E-state index is 0.278. The minimum Gasteiger partial charge on any atom is -0.427 e. The number of esters is 1. The monoisotopic (exact) mass is 224 g/mol. The predicted molar refractivity (Wildman–Crippen MR) is 64.5 cm³/mol. The maximum Gasteiger partial charge on any atom is 0.308 e. The minimum atomic E-state index is -0.278. The van der Waals surface area contributed by atoms with Crippen molar-refractivity contribution in [2.75, 3.05) is 12.0 Å². The van der Waals surface area contributed by atoms with Gasteiger partial charge in [0.25, 0.3) is 0 Å². The highest BCUT2D eigenvalue weighted by molar-refractivity contribution is 7.98. The zero-order valence-corrected chi connectivity index (χ0v) is 10.1. The maximum absolute atomic E-state index is 10.7. The second kappa shape index (κ2) is 5.81. The Hall–Kier alpha value is -0.960. The van der Waals surface area contributed by atoms with E-state index < -0.39 is 0 Å². The summed E-state index contributed by atoms with van der Waals surface area (Å²) < 4.78 is 4.96. The standard InChI is InChI=1S/C12H16O2S/c1-9(8-15-3)11-4-6-12(7-5-11)14-10(2)13/h4-7,9H,8H2,1-3H3. The van der Waals surface area contributed by atoms with E-state index in [1.807, 2.05) is 36.0 Å². The van der Waals surface area contributed by atoms with Gasteiger partial charge in [0.15, 0.2) is 0 Å². The molecule has 1 aromatic carbocycles. The van der Waals surface area contributed by atoms with E-state index in [1.54, 1.807) is 0 Å². The molecule has 0 N–H and O–H groups in total. The van der Waals surface area contributed by atoms with Gasteiger partial charge in [-0.05, 0) is 35.6 Å². The molecule has 1 atom stereocenters. The molecule has 0 amide bonds. The van der Waals surface area contributed by atoms with E-state index in [0.717, 1.165) is 5.75 Å². The lowest BCUT2D eigenvalue weighted by atomic mass is 10.0. The van der Waals surface area contributed by atoms with Gasteiger partial charge in [-0.2, -0.15) is 11.8 Å². The van der Waals surface area contributed by atoms with Crippen LogP contribution in [0.15, 0.2) is 24.3 Å². The highest BCUT2D eigenvalue weighted by Gasteiger charge is 2.05. The summed E-state index contributed by atoms with van der Waals surface area (Å²) in [4.78, 5) is 10.7. The molecule has 3 heteroatoms. The Labute approximate surface area is 95.0 Å². The summed E-state index contributed by atoms with van der Waals surface area (Å²) in [6.45, 7) is 3.60. The first kappa shape index (κ1) is 12.1. The van der Waals surface area contributed by atoms with Gasteiger partial charge in [-0.15, -0.1) is 0 Å². The Morgan fingerprint density at radius 3 is 2.47 bits per heavy atom. The van der Waals surface area contributed by atoms with Crippen LogP contribution in [0.4, 0.5) is 0 Å². The topological polar surface area (TPSA) is 26.3 Å². The van der Waals surface area contributed by atoms with Gasteiger partial charge in [-0.3, -0.25) is 4.79 Å². The van der Waals surface area contributed by atoms with Gasteiger partial charge in [0, 0.05) is 6.92 Å². The maximum atomic E-state index is 10.7. The second-order valence-electron chi connectivity index (χ2n) is 3.52. The van der Waals surface area contributed by atoms with E-state index in [2.05, 4.69) is 13.2 Å². The summed E-state index contributed by atoms with van der Waals surface area (Å²) in [5, 5.41) is 0. The number of rotatable bonds is 4. The van der Waals surface area contributed by atoms with Crippen LogP contribution in [0.2, 0.25) is 0 Å². The molecule has 0 radical (unpaired) electrons. The molecular formula is C12H16O2S. The molecule has 0 aliphatic carbocycles. The average Bonchev–Trinajstić information content (AvgIpc) is 2.18. The predicted octanol–water partition coefficient (Wildman–Crippen LogP) is 3.08. The number of hydrogen-bond donors (Lipinski definition) is 0. The smallest absolute Gasteiger partial charge is 0.308 e. The first-order valence-electron chi connectivity index (χ1n) is 4.90. The van der Waals surface area contributed by atoms with Gasteiger partial charge in [-0.25, -0.2) is 0 Å². The molecule has 0 aliphatic heterocycles. The third-order valence-electron chi connectivity index (χ3n) is 2.13. The van der Waals surface area contributed by atoms with Crippen molar-refractivity contribution in [3.63, 3.8) is 0 Å². The van der Waals surface area contributed by atoms with Crippen molar-refractivity contribution >= 4 is 17.7 Å². The normalized spacial score (nSPS) is 12.2. The third kappa shape index (κ3) is 3.96. The molecular weight excluding hydrogens is 208 g/mol. The van der Waals surface area contributed by atoms with Gasteiger partial charge in [0.2, 0.25) is 0 Å². The highest BCUT2D eigenvalue weighted by atomic mass is 32.2. The summed E-state index contributed by atoms with van der Waals surface area (Å²) in [5.41, 5.74) is 1.28. The molecule has 0 saturated carbocycles. The van der Waals surface area contributed by atoms with Crippen molar-refractivity contribution < 1.29 is 9.53 Å². The molecule has 0 aliphatic rings. The Balaban J connectivity index is 2.67. The fourth-order valence-electron chi connectivity index (χ4n) is 1.38. The van der Waals surface area contributed by atoms with Crippen LogP contribution in [0, 0.1) is 0 Å². The van der Waals surface area contributed by atoms with Crippen molar-refractivity contribution in [3.8, 4) is 5.75 Å². The Bertz CT molecular complexity index is 319. The van der Waals surface area contributed by atoms with Crippen molar-refractivity contribution in [2.45, 2.75) is 19.8 Å². The first-order valence-corrected chi connectivity index (χ1v) is 6.30. The van der Waals surface area contributed by atoms with Crippen LogP contribution in [0.1, 0.15) is 25.3 Å². The third-order valence-corrected chi connectivity index (χ3v) is 2.96. The molecule has 82 valence electrons. The van der Waals surface area contributed by atoms with E-state index >= 15 is 0 Å². The zero-order valence-electron chi connectivity index (χ0n) is 9.32. The number of ether oxygens (including phenoxy) is 1. The van der Waals surface area contributed by atoms with Crippen LogP contribution < -0.4 is 4.74 Å². The lowest BCUT2D eigenvalue weighted by molar-refractivity contribution is -0.131. The van der Waals surface area contributed by atoms with Crippen LogP contribution >= 0.6 is 11.8 Å². The Kier molecular flexibility index (Phi) is 4.69. The largest absolute Gasteiger partial charge is 0.427 e. The number of benzene rings is 1. The molecule has 0 spiro atoms. The first-order chi connectivity index (χ1) is 7.13. The summed E-state index contributed by atoms with van der Waals surface area (Å²) >= 11 is 1.83. The highest BCUT2D eigenvalue weighted by Crippen LogP contribution is 2.21. The number of thioether (sulfide) groups is 1. The molecule has 1 aromatic rings. The summed E-state index contributed by atoms with van der Waals surface area (Å²) in [7, 11) is 0. The van der Waals surface area contributed by atoms with Crippen LogP contribution in [0.3, 0.4) is 0 Å². The SMILES string of the molecule is CSCC(C)c1ccc(OC(C)=O)cc1. The van der Waals surface area contributed by atoms with Crippen LogP contribution in [0.5, 0.6) is 5.75 Å². The zero-order chi connectivity index (χ0) is 11.3. The van der Waals surface area contributed by atoms with Gasteiger partial charge in [0.05, 0.1) is 0 Å². The molecule has 1 unspecified atom stereocenters. The Morgan fingerprint density at radius 2 is 2.00 bits per heavy atom. The molecule has 0 heterocycles. The number of hydrogen-bond acceptors (Lipinski definition) is 3. The molecule has 0 bridgehead atoms. The molecule has 2 nitrogen and oxygen atoms in total. The lowest BCUT2D eigenvalue weighted by Gasteiger charge is -2.10. The van der Waals surface area contributed by atoms with E-state index in [4.69, 9.17) is 4.74 Å². The summed E-state index contributed by atoms with van der Waals surface area (Å²) in [5.74, 6) is 1.97. The van der Waals surface area contributed by atoms with Crippen LogP contribution in [-0.4, -0.2) is 18.0 Å². The van der Waals surface area contributed by atoms with E-state index in [0.29, 0.717) is 11.7 Å². The summed E-state index contributed by atoms with van der Waals surface area (Å²) in [6.07, 6.45) is 2.10. The van der Waals surface area contributed by atoms with Gasteiger partial charge < -0.3 is 4.74 Å². The fraction of sp³-hybridized carbons (Fsp3) is 0.417. The molecule has 15 heavy (non-hydrogen) atoms. The van der Waals surface area contributed by atoms with Gasteiger partial charge in [0.1, 0.15) is 5.75 Å². The molecule has 1 rings (SSSR count). The number of carbonyl (C=O) groups excluding carboxylic acids is 1. The molecule has 0 fully saturated rings.